The quantitative estimate of drug-likeness (QED) is 0.919. The van der Waals surface area contributed by atoms with Crippen LogP contribution >= 0.6 is 11.6 Å². The van der Waals surface area contributed by atoms with Crippen molar-refractivity contribution in [2.45, 2.75) is 12.5 Å². The highest BCUT2D eigenvalue weighted by Crippen LogP contribution is 2.29. The van der Waals surface area contributed by atoms with E-state index < -0.39 is 0 Å². The summed E-state index contributed by atoms with van der Waals surface area (Å²) in [7, 11) is 0. The summed E-state index contributed by atoms with van der Waals surface area (Å²) < 4.78 is 18.9. The molecule has 0 radical (unpaired) electrons. The first-order chi connectivity index (χ1) is 9.22. The molecule has 1 aliphatic rings. The highest BCUT2D eigenvalue weighted by atomic mass is 35.5. The third-order valence-electron chi connectivity index (χ3n) is 3.16. The number of rotatable bonds is 3. The number of nitrogens with one attached hydrogen (secondary N) is 1. The van der Waals surface area contributed by atoms with E-state index in [-0.39, 0.29) is 11.9 Å². The van der Waals surface area contributed by atoms with Gasteiger partial charge in [0.25, 0.3) is 0 Å². The van der Waals surface area contributed by atoms with Crippen LogP contribution in [-0.2, 0) is 6.42 Å². The van der Waals surface area contributed by atoms with Gasteiger partial charge in [0.1, 0.15) is 17.7 Å². The summed E-state index contributed by atoms with van der Waals surface area (Å²) in [4.78, 5) is 0. The van der Waals surface area contributed by atoms with E-state index in [0.29, 0.717) is 17.3 Å². The highest BCUT2D eigenvalue weighted by Gasteiger charge is 2.22. The summed E-state index contributed by atoms with van der Waals surface area (Å²) in [5.74, 6) is 0.627. The van der Waals surface area contributed by atoms with E-state index in [4.69, 9.17) is 16.3 Å². The van der Waals surface area contributed by atoms with Crippen molar-refractivity contribution in [3.8, 4) is 5.75 Å². The Morgan fingerprint density at radius 2 is 2.11 bits per heavy atom. The normalized spacial score (nSPS) is 16.8. The highest BCUT2D eigenvalue weighted by molar-refractivity contribution is 6.33. The number of fused-ring (bicyclic) bond motifs is 1. The Morgan fingerprint density at radius 3 is 2.95 bits per heavy atom. The van der Waals surface area contributed by atoms with Gasteiger partial charge >= 0.3 is 0 Å². The van der Waals surface area contributed by atoms with E-state index in [0.717, 1.165) is 12.2 Å². The Bertz CT molecular complexity index is 577. The van der Waals surface area contributed by atoms with Gasteiger partial charge in [0.05, 0.1) is 17.3 Å². The summed E-state index contributed by atoms with van der Waals surface area (Å²) in [6.45, 7) is 0.595. The first-order valence-electron chi connectivity index (χ1n) is 6.16. The van der Waals surface area contributed by atoms with Crippen molar-refractivity contribution in [3.63, 3.8) is 0 Å². The lowest BCUT2D eigenvalue weighted by molar-refractivity contribution is 0.246. The van der Waals surface area contributed by atoms with Crippen LogP contribution in [0.3, 0.4) is 0 Å². The van der Waals surface area contributed by atoms with Crippen molar-refractivity contribution in [2.75, 3.05) is 11.9 Å². The van der Waals surface area contributed by atoms with Crippen LogP contribution in [0.2, 0.25) is 5.02 Å². The molecule has 0 fully saturated rings. The molecule has 0 saturated heterocycles. The van der Waals surface area contributed by atoms with Gasteiger partial charge in [-0.25, -0.2) is 4.39 Å². The second-order valence-electron chi connectivity index (χ2n) is 4.56. The van der Waals surface area contributed by atoms with Gasteiger partial charge in [0.15, 0.2) is 0 Å². The number of benzene rings is 2. The fourth-order valence-electron chi connectivity index (χ4n) is 2.22. The third-order valence-corrected chi connectivity index (χ3v) is 3.49. The SMILES string of the molecule is Fc1ccc(Cl)c(NCC2Cc3ccccc3O2)c1. The number of para-hydroxylation sites is 1. The molecule has 0 aliphatic carbocycles. The van der Waals surface area contributed by atoms with Crippen LogP contribution in [0.25, 0.3) is 0 Å². The van der Waals surface area contributed by atoms with Crippen molar-refractivity contribution in [3.05, 3.63) is 58.9 Å². The summed E-state index contributed by atoms with van der Waals surface area (Å²) in [5, 5.41) is 3.64. The maximum atomic E-state index is 13.1. The van der Waals surface area contributed by atoms with E-state index in [1.54, 1.807) is 6.07 Å². The van der Waals surface area contributed by atoms with E-state index in [9.17, 15) is 4.39 Å². The summed E-state index contributed by atoms with van der Waals surface area (Å²) in [6, 6.07) is 12.3. The lowest BCUT2D eigenvalue weighted by Gasteiger charge is -2.13. The van der Waals surface area contributed by atoms with Crippen LogP contribution in [0.4, 0.5) is 10.1 Å². The number of hydrogen-bond donors (Lipinski definition) is 1. The summed E-state index contributed by atoms with van der Waals surface area (Å²) >= 11 is 6.00. The van der Waals surface area contributed by atoms with Crippen LogP contribution in [-0.4, -0.2) is 12.6 Å². The fourth-order valence-corrected chi connectivity index (χ4v) is 2.41. The average molecular weight is 278 g/mol. The second kappa shape index (κ2) is 5.10. The minimum absolute atomic E-state index is 0.0525. The smallest absolute Gasteiger partial charge is 0.125 e. The number of anilines is 1. The molecule has 98 valence electrons. The van der Waals surface area contributed by atoms with E-state index in [2.05, 4.69) is 11.4 Å². The predicted octanol–water partition coefficient (Wildman–Crippen LogP) is 3.89. The van der Waals surface area contributed by atoms with Crippen LogP contribution in [0, 0.1) is 5.82 Å². The molecule has 0 saturated carbocycles. The first-order valence-corrected chi connectivity index (χ1v) is 6.53. The Labute approximate surface area is 116 Å². The van der Waals surface area contributed by atoms with Crippen LogP contribution in [0.5, 0.6) is 5.75 Å². The van der Waals surface area contributed by atoms with Crippen LogP contribution in [0.1, 0.15) is 5.56 Å². The Balaban J connectivity index is 1.64. The van der Waals surface area contributed by atoms with Crippen molar-refractivity contribution in [1.82, 2.24) is 0 Å². The Morgan fingerprint density at radius 1 is 1.26 bits per heavy atom. The van der Waals surface area contributed by atoms with E-state index >= 15 is 0 Å². The maximum absolute atomic E-state index is 13.1. The minimum Gasteiger partial charge on any atom is -0.488 e. The molecule has 2 aromatic rings. The minimum atomic E-state index is -0.303. The molecule has 4 heteroatoms. The molecule has 1 aliphatic heterocycles. The van der Waals surface area contributed by atoms with Gasteiger partial charge in [0, 0.05) is 6.42 Å². The predicted molar refractivity (Wildman–Crippen MR) is 74.5 cm³/mol. The van der Waals surface area contributed by atoms with Gasteiger partial charge in [-0.05, 0) is 29.8 Å². The summed E-state index contributed by atoms with van der Waals surface area (Å²) in [6.07, 6.45) is 0.910. The van der Waals surface area contributed by atoms with Gasteiger partial charge in [0.2, 0.25) is 0 Å². The van der Waals surface area contributed by atoms with Crippen molar-refractivity contribution in [1.29, 1.82) is 0 Å². The van der Waals surface area contributed by atoms with Gasteiger partial charge in [-0.15, -0.1) is 0 Å². The largest absolute Gasteiger partial charge is 0.488 e. The standard InChI is InChI=1S/C15H13ClFNO/c16-13-6-5-11(17)8-14(13)18-9-12-7-10-3-1-2-4-15(10)19-12/h1-6,8,12,18H,7,9H2. The lowest BCUT2D eigenvalue weighted by atomic mass is 10.1. The van der Waals surface area contributed by atoms with Gasteiger partial charge < -0.3 is 10.1 Å². The second-order valence-corrected chi connectivity index (χ2v) is 4.96. The molecule has 1 atom stereocenters. The number of hydrogen-bond acceptors (Lipinski definition) is 2. The molecule has 0 amide bonds. The van der Waals surface area contributed by atoms with Gasteiger partial charge in [-0.3, -0.25) is 0 Å². The Kier molecular flexibility index (Phi) is 3.30. The lowest BCUT2D eigenvalue weighted by Crippen LogP contribution is -2.24. The molecule has 0 bridgehead atoms. The Hall–Kier alpha value is -1.74. The third kappa shape index (κ3) is 2.66. The van der Waals surface area contributed by atoms with Crippen molar-refractivity contribution < 1.29 is 9.13 Å². The molecule has 1 unspecified atom stereocenters. The van der Waals surface area contributed by atoms with E-state index in [1.165, 1.54) is 17.7 Å². The fraction of sp³-hybridized carbons (Fsp3) is 0.200. The average Bonchev–Trinajstić information content (AvgIpc) is 2.82. The number of halogens is 2. The molecular formula is C15H13ClFNO. The molecule has 2 nitrogen and oxygen atoms in total. The van der Waals surface area contributed by atoms with Crippen molar-refractivity contribution >= 4 is 17.3 Å². The zero-order valence-corrected chi connectivity index (χ0v) is 11.0. The van der Waals surface area contributed by atoms with E-state index in [1.807, 2.05) is 18.2 Å². The maximum Gasteiger partial charge on any atom is 0.125 e. The molecule has 19 heavy (non-hydrogen) atoms. The molecule has 2 aromatic carbocycles. The molecule has 0 spiro atoms. The summed E-state index contributed by atoms with van der Waals surface area (Å²) in [5.41, 5.74) is 1.81. The zero-order chi connectivity index (χ0) is 13.2. The molecular weight excluding hydrogens is 265 g/mol. The van der Waals surface area contributed by atoms with Gasteiger partial charge in [-0.1, -0.05) is 29.8 Å². The van der Waals surface area contributed by atoms with Crippen LogP contribution in [0.15, 0.2) is 42.5 Å². The molecule has 1 heterocycles. The molecule has 0 aromatic heterocycles. The van der Waals surface area contributed by atoms with Crippen molar-refractivity contribution in [2.24, 2.45) is 0 Å². The monoisotopic (exact) mass is 277 g/mol. The van der Waals surface area contributed by atoms with Gasteiger partial charge in [-0.2, -0.15) is 0 Å². The topological polar surface area (TPSA) is 21.3 Å². The van der Waals surface area contributed by atoms with Crippen LogP contribution < -0.4 is 10.1 Å². The zero-order valence-electron chi connectivity index (χ0n) is 10.2. The number of ether oxygens (including phenoxy) is 1. The molecule has 1 N–H and O–H groups in total. The first kappa shape index (κ1) is 12.3. The molecule has 3 rings (SSSR count).